The molecule has 1 fully saturated rings. The molecule has 18 heavy (non-hydrogen) atoms. The van der Waals surface area contributed by atoms with Gasteiger partial charge in [-0.2, -0.15) is 0 Å². The summed E-state index contributed by atoms with van der Waals surface area (Å²) in [6, 6.07) is 6.61. The number of imidazole rings is 1. The molecule has 0 unspecified atom stereocenters. The maximum Gasteiger partial charge on any atom is 0.125 e. The molecule has 96 valence electrons. The van der Waals surface area contributed by atoms with Crippen molar-refractivity contribution in [1.82, 2.24) is 9.55 Å². The Morgan fingerprint density at radius 1 is 1.50 bits per heavy atom. The van der Waals surface area contributed by atoms with Gasteiger partial charge in [-0.15, -0.1) is 11.6 Å². The average molecular weight is 330 g/mol. The first kappa shape index (κ1) is 12.5. The van der Waals surface area contributed by atoms with Crippen molar-refractivity contribution >= 4 is 38.6 Å². The van der Waals surface area contributed by atoms with Crippen LogP contribution in [0.5, 0.6) is 0 Å². The average Bonchev–Trinajstić information content (AvgIpc) is 2.66. The summed E-state index contributed by atoms with van der Waals surface area (Å²) in [6.07, 6.45) is 2.46. The SMILES string of the molecule is COC1CC(n2c(CCl)nc3ccc(Br)cc32)C1. The number of nitrogens with zero attached hydrogens (tertiary/aromatic N) is 2. The van der Waals surface area contributed by atoms with E-state index in [9.17, 15) is 0 Å². The molecule has 0 radical (unpaired) electrons. The number of methoxy groups -OCH3 is 1. The van der Waals surface area contributed by atoms with E-state index in [1.54, 1.807) is 7.11 Å². The van der Waals surface area contributed by atoms with Crippen LogP contribution in [0.1, 0.15) is 24.7 Å². The lowest BCUT2D eigenvalue weighted by molar-refractivity contribution is 0.00675. The van der Waals surface area contributed by atoms with Crippen LogP contribution in [0.4, 0.5) is 0 Å². The highest BCUT2D eigenvalue weighted by Gasteiger charge is 2.32. The highest BCUT2D eigenvalue weighted by Crippen LogP contribution is 2.38. The second kappa shape index (κ2) is 4.83. The van der Waals surface area contributed by atoms with Crippen molar-refractivity contribution in [3.63, 3.8) is 0 Å². The standard InChI is InChI=1S/C13H14BrClN2O/c1-18-10-5-9(6-10)17-12-4-8(14)2-3-11(12)16-13(17)7-15/h2-4,9-10H,5-7H2,1H3. The largest absolute Gasteiger partial charge is 0.381 e. The minimum Gasteiger partial charge on any atom is -0.381 e. The van der Waals surface area contributed by atoms with Crippen LogP contribution in [0.15, 0.2) is 22.7 Å². The van der Waals surface area contributed by atoms with Gasteiger partial charge in [-0.1, -0.05) is 15.9 Å². The molecule has 1 aromatic carbocycles. The fourth-order valence-corrected chi connectivity index (χ4v) is 3.10. The van der Waals surface area contributed by atoms with Gasteiger partial charge in [0, 0.05) is 17.6 Å². The van der Waals surface area contributed by atoms with Crippen molar-refractivity contribution in [2.24, 2.45) is 0 Å². The van der Waals surface area contributed by atoms with E-state index < -0.39 is 0 Å². The molecule has 0 amide bonds. The summed E-state index contributed by atoms with van der Waals surface area (Å²) < 4.78 is 8.68. The maximum atomic E-state index is 6.01. The Morgan fingerprint density at radius 2 is 2.28 bits per heavy atom. The Morgan fingerprint density at radius 3 is 2.94 bits per heavy atom. The van der Waals surface area contributed by atoms with E-state index in [0.717, 1.165) is 34.2 Å². The van der Waals surface area contributed by atoms with Crippen LogP contribution in [-0.4, -0.2) is 22.8 Å². The van der Waals surface area contributed by atoms with E-state index in [0.29, 0.717) is 18.0 Å². The molecule has 0 atom stereocenters. The lowest BCUT2D eigenvalue weighted by Gasteiger charge is -2.36. The molecule has 0 spiro atoms. The quantitative estimate of drug-likeness (QED) is 0.799. The molecule has 1 aliphatic rings. The first-order valence-corrected chi connectivity index (χ1v) is 7.30. The Bertz CT molecular complexity index is 578. The molecular weight excluding hydrogens is 316 g/mol. The van der Waals surface area contributed by atoms with Crippen molar-refractivity contribution in [2.45, 2.75) is 30.9 Å². The van der Waals surface area contributed by atoms with Crippen molar-refractivity contribution in [2.75, 3.05) is 7.11 Å². The van der Waals surface area contributed by atoms with Gasteiger partial charge in [-0.3, -0.25) is 0 Å². The highest BCUT2D eigenvalue weighted by atomic mass is 79.9. The normalized spacial score (nSPS) is 23.3. The third-order valence-corrected chi connectivity index (χ3v) is 4.34. The first-order chi connectivity index (χ1) is 8.72. The van der Waals surface area contributed by atoms with Gasteiger partial charge in [-0.05, 0) is 31.0 Å². The van der Waals surface area contributed by atoms with Gasteiger partial charge in [0.25, 0.3) is 0 Å². The van der Waals surface area contributed by atoms with Gasteiger partial charge in [0.15, 0.2) is 0 Å². The summed E-state index contributed by atoms with van der Waals surface area (Å²) in [7, 11) is 1.77. The van der Waals surface area contributed by atoms with Crippen LogP contribution in [-0.2, 0) is 10.6 Å². The third kappa shape index (κ3) is 1.96. The zero-order valence-electron chi connectivity index (χ0n) is 10.1. The van der Waals surface area contributed by atoms with Crippen LogP contribution >= 0.6 is 27.5 Å². The number of benzene rings is 1. The summed E-state index contributed by atoms with van der Waals surface area (Å²) >= 11 is 9.53. The summed E-state index contributed by atoms with van der Waals surface area (Å²) in [6.45, 7) is 0. The van der Waals surface area contributed by atoms with E-state index in [-0.39, 0.29) is 0 Å². The van der Waals surface area contributed by atoms with E-state index in [1.165, 1.54) is 0 Å². The maximum absolute atomic E-state index is 6.01. The van der Waals surface area contributed by atoms with Crippen LogP contribution in [0, 0.1) is 0 Å². The van der Waals surface area contributed by atoms with Gasteiger partial charge in [0.2, 0.25) is 0 Å². The molecule has 0 aliphatic heterocycles. The summed E-state index contributed by atoms with van der Waals surface area (Å²) in [5.41, 5.74) is 2.16. The Labute approximate surface area is 119 Å². The van der Waals surface area contributed by atoms with Crippen molar-refractivity contribution < 1.29 is 4.74 Å². The van der Waals surface area contributed by atoms with Crippen LogP contribution < -0.4 is 0 Å². The number of rotatable bonds is 3. The van der Waals surface area contributed by atoms with Gasteiger partial charge < -0.3 is 9.30 Å². The van der Waals surface area contributed by atoms with Crippen LogP contribution in [0.3, 0.4) is 0 Å². The Hall–Kier alpha value is -0.580. The first-order valence-electron chi connectivity index (χ1n) is 5.98. The fourth-order valence-electron chi connectivity index (χ4n) is 2.56. The van der Waals surface area contributed by atoms with Crippen molar-refractivity contribution in [3.8, 4) is 0 Å². The zero-order chi connectivity index (χ0) is 12.7. The van der Waals surface area contributed by atoms with Gasteiger partial charge in [0.1, 0.15) is 5.82 Å². The smallest absolute Gasteiger partial charge is 0.125 e. The number of halogens is 2. The molecule has 2 aromatic rings. The fraction of sp³-hybridized carbons (Fsp3) is 0.462. The minimum atomic E-state index is 0.378. The highest BCUT2D eigenvalue weighted by molar-refractivity contribution is 9.10. The third-order valence-electron chi connectivity index (χ3n) is 3.61. The number of hydrogen-bond donors (Lipinski definition) is 0. The second-order valence-corrected chi connectivity index (χ2v) is 5.83. The van der Waals surface area contributed by atoms with E-state index in [1.807, 2.05) is 12.1 Å². The summed E-state index contributed by atoms with van der Waals surface area (Å²) in [5, 5.41) is 0. The summed E-state index contributed by atoms with van der Waals surface area (Å²) in [4.78, 5) is 4.60. The molecule has 0 N–H and O–H groups in total. The van der Waals surface area contributed by atoms with E-state index in [2.05, 4.69) is 31.5 Å². The van der Waals surface area contributed by atoms with E-state index >= 15 is 0 Å². The molecule has 1 aliphatic carbocycles. The predicted octanol–water partition coefficient (Wildman–Crippen LogP) is 3.89. The summed E-state index contributed by atoms with van der Waals surface area (Å²) in [5.74, 6) is 1.39. The van der Waals surface area contributed by atoms with Gasteiger partial charge >= 0.3 is 0 Å². The molecule has 0 saturated heterocycles. The molecule has 1 saturated carbocycles. The lowest BCUT2D eigenvalue weighted by Crippen LogP contribution is -2.33. The molecule has 3 nitrogen and oxygen atoms in total. The molecule has 1 heterocycles. The number of aromatic nitrogens is 2. The molecule has 5 heteroatoms. The number of ether oxygens (including phenoxy) is 1. The Balaban J connectivity index is 2.05. The number of hydrogen-bond acceptors (Lipinski definition) is 2. The predicted molar refractivity (Wildman–Crippen MR) is 76.1 cm³/mol. The van der Waals surface area contributed by atoms with Crippen LogP contribution in [0.25, 0.3) is 11.0 Å². The van der Waals surface area contributed by atoms with Crippen LogP contribution in [0.2, 0.25) is 0 Å². The molecule has 1 aromatic heterocycles. The molecular formula is C13H14BrClN2O. The van der Waals surface area contributed by atoms with E-state index in [4.69, 9.17) is 16.3 Å². The molecule has 3 rings (SSSR count). The topological polar surface area (TPSA) is 27.1 Å². The van der Waals surface area contributed by atoms with Crippen molar-refractivity contribution in [1.29, 1.82) is 0 Å². The zero-order valence-corrected chi connectivity index (χ0v) is 12.4. The molecule has 0 bridgehead atoms. The number of alkyl halides is 1. The Kier molecular flexibility index (Phi) is 3.34. The monoisotopic (exact) mass is 328 g/mol. The number of fused-ring (bicyclic) bond motifs is 1. The second-order valence-electron chi connectivity index (χ2n) is 4.65. The minimum absolute atomic E-state index is 0.378. The van der Waals surface area contributed by atoms with Gasteiger partial charge in [0.05, 0.1) is 23.0 Å². The van der Waals surface area contributed by atoms with Gasteiger partial charge in [-0.25, -0.2) is 4.98 Å². The lowest BCUT2D eigenvalue weighted by atomic mass is 9.89. The van der Waals surface area contributed by atoms with Crippen molar-refractivity contribution in [3.05, 3.63) is 28.5 Å².